The quantitative estimate of drug-likeness (QED) is 0.619. The highest BCUT2D eigenvalue weighted by Crippen LogP contribution is 2.37. The highest BCUT2D eigenvalue weighted by atomic mass is 79.9. The van der Waals surface area contributed by atoms with Crippen LogP contribution in [0.2, 0.25) is 0 Å². The minimum absolute atomic E-state index is 0.114. The van der Waals surface area contributed by atoms with Crippen LogP contribution in [0.3, 0.4) is 0 Å². The molecule has 0 radical (unpaired) electrons. The van der Waals surface area contributed by atoms with E-state index in [2.05, 4.69) is 30.4 Å². The van der Waals surface area contributed by atoms with Gasteiger partial charge in [-0.1, -0.05) is 15.9 Å². The van der Waals surface area contributed by atoms with Crippen molar-refractivity contribution in [2.24, 2.45) is 0 Å². The Bertz CT molecular complexity index is 399. The zero-order valence-corrected chi connectivity index (χ0v) is 10.5. The van der Waals surface area contributed by atoms with Crippen molar-refractivity contribution in [1.82, 2.24) is 4.98 Å². The van der Waals surface area contributed by atoms with Crippen molar-refractivity contribution in [3.8, 4) is 11.6 Å². The van der Waals surface area contributed by atoms with Gasteiger partial charge in [-0.25, -0.2) is 13.8 Å². The molecule has 0 spiro atoms. The fourth-order valence-electron chi connectivity index (χ4n) is 1.16. The molecule has 102 valence electrons. The maximum absolute atomic E-state index is 12.5. The van der Waals surface area contributed by atoms with E-state index in [1.807, 2.05) is 0 Å². The van der Waals surface area contributed by atoms with E-state index >= 15 is 0 Å². The molecule has 1 aromatic heterocycles. The fraction of sp³-hybridized carbons (Fsp3) is 0.444. The number of rotatable bonds is 4. The molecule has 1 heterocycles. The number of alkyl halides is 6. The molecule has 1 rings (SSSR count). The number of methoxy groups -OCH3 is 1. The van der Waals surface area contributed by atoms with Crippen LogP contribution < -0.4 is 9.47 Å². The Kier molecular flexibility index (Phi) is 4.71. The Morgan fingerprint density at radius 3 is 2.39 bits per heavy atom. The Labute approximate surface area is 107 Å². The zero-order chi connectivity index (χ0) is 13.9. The average molecular weight is 336 g/mol. The summed E-state index contributed by atoms with van der Waals surface area (Å²) in [6.45, 7) is 0. The van der Waals surface area contributed by atoms with Gasteiger partial charge in [-0.3, -0.25) is 0 Å². The molecule has 0 amide bonds. The number of halogens is 6. The minimum Gasteiger partial charge on any atom is -0.478 e. The summed E-state index contributed by atoms with van der Waals surface area (Å²) in [5.74, 6) is -1.37. The van der Waals surface area contributed by atoms with E-state index in [0.717, 1.165) is 13.2 Å². The summed E-state index contributed by atoms with van der Waals surface area (Å²) in [5, 5.41) is -0.114. The van der Waals surface area contributed by atoms with Gasteiger partial charge in [-0.05, 0) is 6.07 Å². The van der Waals surface area contributed by atoms with Crippen molar-refractivity contribution < 1.29 is 31.4 Å². The number of nitrogens with zero attached hydrogens (tertiary/aromatic N) is 1. The van der Waals surface area contributed by atoms with Gasteiger partial charge in [-0.2, -0.15) is 0 Å². The van der Waals surface area contributed by atoms with Crippen LogP contribution in [-0.4, -0.2) is 18.5 Å². The molecule has 1 aromatic rings. The smallest absolute Gasteiger partial charge is 0.478 e. The standard InChI is InChI=1S/C9H7BrF5NO2/c1-17-8-6(18-9(13,14)15)4(3-10)2-5(16-8)7(11)12/h2,7H,3H2,1H3. The number of hydrogen-bond acceptors (Lipinski definition) is 3. The van der Waals surface area contributed by atoms with Crippen LogP contribution in [0.15, 0.2) is 6.07 Å². The third-order valence-electron chi connectivity index (χ3n) is 1.82. The van der Waals surface area contributed by atoms with E-state index in [9.17, 15) is 22.0 Å². The molecule has 0 aromatic carbocycles. The summed E-state index contributed by atoms with van der Waals surface area (Å²) in [6, 6.07) is 0.822. The predicted molar refractivity (Wildman–Crippen MR) is 55.1 cm³/mol. The summed E-state index contributed by atoms with van der Waals surface area (Å²) < 4.78 is 69.7. The highest BCUT2D eigenvalue weighted by Gasteiger charge is 2.34. The molecule has 3 nitrogen and oxygen atoms in total. The third-order valence-corrected chi connectivity index (χ3v) is 2.42. The van der Waals surface area contributed by atoms with E-state index in [1.165, 1.54) is 0 Å². The molecule has 0 aliphatic carbocycles. The van der Waals surface area contributed by atoms with E-state index in [4.69, 9.17) is 0 Å². The van der Waals surface area contributed by atoms with Gasteiger partial charge in [-0.15, -0.1) is 13.2 Å². The Balaban J connectivity index is 3.30. The van der Waals surface area contributed by atoms with Crippen LogP contribution in [0.4, 0.5) is 22.0 Å². The van der Waals surface area contributed by atoms with Crippen LogP contribution in [-0.2, 0) is 5.33 Å². The molecule has 18 heavy (non-hydrogen) atoms. The SMILES string of the molecule is COc1nc(C(F)F)cc(CBr)c1OC(F)(F)F. The van der Waals surface area contributed by atoms with Gasteiger partial charge < -0.3 is 9.47 Å². The van der Waals surface area contributed by atoms with E-state index in [-0.39, 0.29) is 10.9 Å². The van der Waals surface area contributed by atoms with Crippen molar-refractivity contribution in [3.05, 3.63) is 17.3 Å². The van der Waals surface area contributed by atoms with Gasteiger partial charge in [0.25, 0.3) is 12.3 Å². The number of aromatic nitrogens is 1. The van der Waals surface area contributed by atoms with E-state index < -0.39 is 30.1 Å². The van der Waals surface area contributed by atoms with Crippen LogP contribution in [0.25, 0.3) is 0 Å². The second-order valence-electron chi connectivity index (χ2n) is 3.03. The molecule has 0 saturated carbocycles. The first kappa shape index (κ1) is 14.9. The van der Waals surface area contributed by atoms with Gasteiger partial charge in [0.1, 0.15) is 5.69 Å². The third kappa shape index (κ3) is 3.69. The normalized spacial score (nSPS) is 11.8. The highest BCUT2D eigenvalue weighted by molar-refractivity contribution is 9.08. The summed E-state index contributed by atoms with van der Waals surface area (Å²) >= 11 is 2.89. The molecule has 0 aliphatic heterocycles. The Morgan fingerprint density at radius 1 is 1.39 bits per heavy atom. The Hall–Kier alpha value is -1.12. The maximum Gasteiger partial charge on any atom is 0.573 e. The van der Waals surface area contributed by atoms with Gasteiger partial charge in [0.15, 0.2) is 5.75 Å². The lowest BCUT2D eigenvalue weighted by atomic mass is 10.2. The molecule has 0 N–H and O–H groups in total. The number of pyridine rings is 1. The number of ether oxygens (including phenoxy) is 2. The first-order valence-corrected chi connectivity index (χ1v) is 5.58. The second-order valence-corrected chi connectivity index (χ2v) is 3.59. The van der Waals surface area contributed by atoms with Crippen LogP contribution in [0.5, 0.6) is 11.6 Å². The summed E-state index contributed by atoms with van der Waals surface area (Å²) in [7, 11) is 1.01. The fourth-order valence-corrected chi connectivity index (χ4v) is 1.57. The molecule has 0 bridgehead atoms. The molecule has 0 atom stereocenters. The van der Waals surface area contributed by atoms with Crippen LogP contribution >= 0.6 is 15.9 Å². The molecule has 0 fully saturated rings. The average Bonchev–Trinajstić information content (AvgIpc) is 2.26. The monoisotopic (exact) mass is 335 g/mol. The van der Waals surface area contributed by atoms with Crippen LogP contribution in [0, 0.1) is 0 Å². The first-order valence-electron chi connectivity index (χ1n) is 4.46. The molecule has 9 heteroatoms. The van der Waals surface area contributed by atoms with Gasteiger partial charge in [0.05, 0.1) is 7.11 Å². The van der Waals surface area contributed by atoms with E-state index in [1.54, 1.807) is 0 Å². The Morgan fingerprint density at radius 2 is 2.00 bits per heavy atom. The minimum atomic E-state index is -4.96. The van der Waals surface area contributed by atoms with Crippen molar-refractivity contribution in [2.75, 3.05) is 7.11 Å². The maximum atomic E-state index is 12.5. The predicted octanol–water partition coefficient (Wildman–Crippen LogP) is 3.82. The largest absolute Gasteiger partial charge is 0.573 e. The van der Waals surface area contributed by atoms with Crippen molar-refractivity contribution in [3.63, 3.8) is 0 Å². The summed E-state index contributed by atoms with van der Waals surface area (Å²) in [4.78, 5) is 3.27. The molecular weight excluding hydrogens is 329 g/mol. The van der Waals surface area contributed by atoms with Crippen molar-refractivity contribution in [1.29, 1.82) is 0 Å². The zero-order valence-electron chi connectivity index (χ0n) is 8.89. The number of hydrogen-bond donors (Lipinski definition) is 0. The molecule has 0 saturated heterocycles. The second kappa shape index (κ2) is 5.68. The van der Waals surface area contributed by atoms with Gasteiger partial charge in [0, 0.05) is 10.9 Å². The summed E-state index contributed by atoms with van der Waals surface area (Å²) in [6.07, 6.45) is -7.88. The van der Waals surface area contributed by atoms with Gasteiger partial charge >= 0.3 is 6.36 Å². The summed E-state index contributed by atoms with van der Waals surface area (Å²) in [5.41, 5.74) is -0.815. The van der Waals surface area contributed by atoms with Gasteiger partial charge in [0.2, 0.25) is 0 Å². The lowest BCUT2D eigenvalue weighted by Crippen LogP contribution is -2.19. The van der Waals surface area contributed by atoms with Crippen molar-refractivity contribution in [2.45, 2.75) is 18.1 Å². The molecular formula is C9H7BrF5NO2. The lowest BCUT2D eigenvalue weighted by Gasteiger charge is -2.15. The molecule has 0 unspecified atom stereocenters. The first-order chi connectivity index (χ1) is 8.28. The lowest BCUT2D eigenvalue weighted by molar-refractivity contribution is -0.275. The van der Waals surface area contributed by atoms with Crippen molar-refractivity contribution >= 4 is 15.9 Å². The van der Waals surface area contributed by atoms with Crippen LogP contribution in [0.1, 0.15) is 17.7 Å². The van der Waals surface area contributed by atoms with E-state index in [0.29, 0.717) is 0 Å². The molecule has 0 aliphatic rings. The topological polar surface area (TPSA) is 31.4 Å².